The van der Waals surface area contributed by atoms with Gasteiger partial charge in [-0.2, -0.15) is 0 Å². The highest BCUT2D eigenvalue weighted by atomic mass is 16.5. The van der Waals surface area contributed by atoms with Crippen LogP contribution in [0.2, 0.25) is 0 Å². The Morgan fingerprint density at radius 1 is 0.889 bits per heavy atom. The van der Waals surface area contributed by atoms with Crippen LogP contribution >= 0.6 is 0 Å². The summed E-state index contributed by atoms with van der Waals surface area (Å²) in [5.74, 6) is -0.00205. The van der Waals surface area contributed by atoms with Gasteiger partial charge in [-0.05, 0) is 118 Å². The first-order valence-electron chi connectivity index (χ1n) is 19.5. The van der Waals surface area contributed by atoms with Crippen molar-refractivity contribution in [2.45, 2.75) is 84.3 Å². The number of carboxylic acids is 1. The summed E-state index contributed by atoms with van der Waals surface area (Å²) < 4.78 is 5.99. The summed E-state index contributed by atoms with van der Waals surface area (Å²) in [7, 11) is 0. The molecule has 4 aliphatic rings. The lowest BCUT2D eigenvalue weighted by Gasteiger charge is -2.57. The molecule has 1 heterocycles. The van der Waals surface area contributed by atoms with E-state index in [9.17, 15) is 19.5 Å². The van der Waals surface area contributed by atoms with Gasteiger partial charge in [0.15, 0.2) is 0 Å². The fourth-order valence-corrected chi connectivity index (χ4v) is 10.4. The fraction of sp³-hybridized carbons (Fsp3) is 0.404. The summed E-state index contributed by atoms with van der Waals surface area (Å²) in [6.07, 6.45) is 19.1. The van der Waals surface area contributed by atoms with Gasteiger partial charge >= 0.3 is 11.9 Å². The molecular weight excluding hydrogens is 673 g/mol. The predicted octanol–water partition coefficient (Wildman–Crippen LogP) is 9.80. The summed E-state index contributed by atoms with van der Waals surface area (Å²) >= 11 is 0. The lowest BCUT2D eigenvalue weighted by molar-refractivity contribution is -0.153. The van der Waals surface area contributed by atoms with Gasteiger partial charge in [-0.3, -0.25) is 19.4 Å². The molecular formula is C47H52N2O5. The van der Waals surface area contributed by atoms with E-state index in [1.54, 1.807) is 12.2 Å². The van der Waals surface area contributed by atoms with E-state index >= 15 is 0 Å². The van der Waals surface area contributed by atoms with Crippen molar-refractivity contribution >= 4 is 35.6 Å². The van der Waals surface area contributed by atoms with Gasteiger partial charge in [0.05, 0.1) is 6.42 Å². The minimum absolute atomic E-state index is 0.0791. The zero-order chi connectivity index (χ0) is 38.0. The van der Waals surface area contributed by atoms with Crippen molar-refractivity contribution in [3.8, 4) is 11.1 Å². The Morgan fingerprint density at radius 3 is 2.37 bits per heavy atom. The van der Waals surface area contributed by atoms with E-state index in [1.807, 2.05) is 60.9 Å². The molecule has 3 aromatic rings. The zero-order valence-electron chi connectivity index (χ0n) is 31.6. The first kappa shape index (κ1) is 37.3. The number of amides is 1. The number of aliphatic carboxylic acids is 1. The average Bonchev–Trinajstić information content (AvgIpc) is 3.54. The summed E-state index contributed by atoms with van der Waals surface area (Å²) in [5, 5.41) is 9.58. The number of fused-ring (bicyclic) bond motifs is 5. The number of benzene rings is 2. The number of aromatic nitrogens is 1. The second-order valence-electron chi connectivity index (χ2n) is 16.3. The van der Waals surface area contributed by atoms with E-state index in [1.165, 1.54) is 34.5 Å². The van der Waals surface area contributed by atoms with Crippen LogP contribution in [0.5, 0.6) is 0 Å². The van der Waals surface area contributed by atoms with E-state index in [2.05, 4.69) is 50.2 Å². The predicted molar refractivity (Wildman–Crippen MR) is 214 cm³/mol. The maximum Gasteiger partial charge on any atom is 0.323 e. The summed E-state index contributed by atoms with van der Waals surface area (Å²) in [6, 6.07) is 18.0. The van der Waals surface area contributed by atoms with E-state index in [-0.39, 0.29) is 42.2 Å². The Bertz CT molecular complexity index is 2000. The Labute approximate surface area is 319 Å². The molecule has 2 saturated carbocycles. The molecule has 280 valence electrons. The lowest BCUT2D eigenvalue weighted by atomic mass is 9.47. The van der Waals surface area contributed by atoms with Crippen LogP contribution in [0.1, 0.15) is 93.9 Å². The van der Waals surface area contributed by atoms with E-state index in [0.717, 1.165) is 59.9 Å². The largest absolute Gasteiger partial charge is 0.480 e. The number of hydrogen-bond acceptors (Lipinski definition) is 5. The van der Waals surface area contributed by atoms with Crippen molar-refractivity contribution < 1.29 is 24.2 Å². The molecule has 2 fully saturated rings. The molecule has 5 unspecified atom stereocenters. The SMILES string of the molecule is C=Cc1ccc(-c2ccc(CN(CC(=O)O)C(=O)CCC(=O)OC3CCC4(C)C(=CCC5C6CC=C(c7cccnc7)C6(C)CC[C@@H]54)C3)cc2)cc1C=C. The van der Waals surface area contributed by atoms with Crippen molar-refractivity contribution in [2.75, 3.05) is 6.54 Å². The Kier molecular flexibility index (Phi) is 10.6. The maximum atomic E-state index is 13.3. The maximum absolute atomic E-state index is 13.3. The minimum Gasteiger partial charge on any atom is -0.480 e. The van der Waals surface area contributed by atoms with Crippen LogP contribution < -0.4 is 0 Å². The topological polar surface area (TPSA) is 96.8 Å². The highest BCUT2D eigenvalue weighted by Gasteiger charge is 2.57. The van der Waals surface area contributed by atoms with Crippen molar-refractivity contribution in [2.24, 2.45) is 28.6 Å². The second-order valence-corrected chi connectivity index (χ2v) is 16.3. The number of carbonyl (C=O) groups is 3. The Balaban J connectivity index is 0.931. The molecule has 0 radical (unpaired) electrons. The second kappa shape index (κ2) is 15.4. The first-order chi connectivity index (χ1) is 26.0. The molecule has 1 N–H and O–H groups in total. The molecule has 4 aliphatic carbocycles. The van der Waals surface area contributed by atoms with Crippen LogP contribution in [-0.2, 0) is 25.7 Å². The molecule has 7 heteroatoms. The molecule has 7 rings (SSSR count). The van der Waals surface area contributed by atoms with Crippen LogP contribution in [-0.4, -0.2) is 45.5 Å². The number of rotatable bonds is 12. The lowest BCUT2D eigenvalue weighted by Crippen LogP contribution is -2.50. The third-order valence-corrected chi connectivity index (χ3v) is 13.3. The highest BCUT2D eigenvalue weighted by Crippen LogP contribution is 2.66. The third kappa shape index (κ3) is 7.25. The number of pyridine rings is 1. The smallest absolute Gasteiger partial charge is 0.323 e. The molecule has 1 amide bonds. The molecule has 7 nitrogen and oxygen atoms in total. The number of nitrogens with zero attached hydrogens (tertiary/aromatic N) is 2. The standard InChI is InChI=1S/C47H52N2O5/c1-5-32-13-14-35(26-33(32)6-2)34-11-9-31(10-12-34)29-49(30-44(51)52)43(50)19-20-45(53)54-38-21-23-46(3)37(27-38)15-16-39-41-18-17-40(36-8-7-25-48-28-36)47(41,4)24-22-42(39)46/h5-15,17,25-26,28,38-39,41-42H,1-2,16,18-24,27,29-30H2,3-4H3,(H,51,52)/t38?,39?,41?,42-,46?,47?/m0/s1. The van der Waals surface area contributed by atoms with Crippen LogP contribution in [0.4, 0.5) is 0 Å². The number of carbonyl (C=O) groups excluding carboxylic acids is 2. The van der Waals surface area contributed by atoms with Crippen LogP contribution in [0, 0.1) is 28.6 Å². The molecule has 1 aromatic heterocycles. The van der Waals surface area contributed by atoms with Crippen molar-refractivity contribution in [3.05, 3.63) is 120 Å². The third-order valence-electron chi connectivity index (χ3n) is 13.3. The van der Waals surface area contributed by atoms with Gasteiger partial charge in [0, 0.05) is 31.8 Å². The number of esters is 1. The Morgan fingerprint density at radius 2 is 1.65 bits per heavy atom. The quantitative estimate of drug-likeness (QED) is 0.148. The monoisotopic (exact) mass is 724 g/mol. The summed E-state index contributed by atoms with van der Waals surface area (Å²) in [4.78, 5) is 43.8. The number of hydrogen-bond donors (Lipinski definition) is 1. The molecule has 0 spiro atoms. The van der Waals surface area contributed by atoms with Crippen molar-refractivity contribution in [1.82, 2.24) is 9.88 Å². The molecule has 0 aliphatic heterocycles. The number of carboxylic acid groups (broad SMARTS) is 1. The van der Waals surface area contributed by atoms with Crippen LogP contribution in [0.3, 0.4) is 0 Å². The molecule has 6 atom stereocenters. The highest BCUT2D eigenvalue weighted by molar-refractivity contribution is 5.84. The van der Waals surface area contributed by atoms with E-state index in [0.29, 0.717) is 17.8 Å². The zero-order valence-corrected chi connectivity index (χ0v) is 31.6. The van der Waals surface area contributed by atoms with E-state index < -0.39 is 18.5 Å². The van der Waals surface area contributed by atoms with Gasteiger partial charge in [0.1, 0.15) is 12.6 Å². The molecule has 2 aromatic carbocycles. The van der Waals surface area contributed by atoms with Gasteiger partial charge in [-0.1, -0.05) is 99.3 Å². The Hall–Kier alpha value is -5.04. The van der Waals surface area contributed by atoms with Gasteiger partial charge in [-0.25, -0.2) is 0 Å². The molecule has 0 saturated heterocycles. The normalized spacial score (nSPS) is 26.9. The molecule has 54 heavy (non-hydrogen) atoms. The van der Waals surface area contributed by atoms with E-state index in [4.69, 9.17) is 4.74 Å². The molecule has 0 bridgehead atoms. The number of ether oxygens (including phenoxy) is 1. The summed E-state index contributed by atoms with van der Waals surface area (Å²) in [6.45, 7) is 12.4. The van der Waals surface area contributed by atoms with Crippen molar-refractivity contribution in [3.63, 3.8) is 0 Å². The van der Waals surface area contributed by atoms with Crippen LogP contribution in [0.15, 0.2) is 97.9 Å². The average molecular weight is 725 g/mol. The van der Waals surface area contributed by atoms with Gasteiger partial charge < -0.3 is 14.7 Å². The minimum atomic E-state index is -1.10. The summed E-state index contributed by atoms with van der Waals surface area (Å²) in [5.41, 5.74) is 9.26. The van der Waals surface area contributed by atoms with Crippen LogP contribution in [0.25, 0.3) is 28.9 Å². The van der Waals surface area contributed by atoms with Crippen molar-refractivity contribution in [1.29, 1.82) is 0 Å². The fourth-order valence-electron chi connectivity index (χ4n) is 10.4. The number of allylic oxidation sites excluding steroid dienone is 3. The van der Waals surface area contributed by atoms with Gasteiger partial charge in [-0.15, -0.1) is 0 Å². The van der Waals surface area contributed by atoms with Gasteiger partial charge in [0.2, 0.25) is 5.91 Å². The first-order valence-corrected chi connectivity index (χ1v) is 19.5. The van der Waals surface area contributed by atoms with Gasteiger partial charge in [0.25, 0.3) is 0 Å².